The molecule has 0 spiro atoms. The lowest BCUT2D eigenvalue weighted by Gasteiger charge is -2.48. The number of thiophene rings is 1. The van der Waals surface area contributed by atoms with Gasteiger partial charge in [-0.15, -0.1) is 11.3 Å². The molecule has 6 heteroatoms. The maximum atomic E-state index is 12.9. The Labute approximate surface area is 175 Å². The number of aliphatic hydroxyl groups is 1. The first kappa shape index (κ1) is 19.8. The zero-order chi connectivity index (χ0) is 20.3. The highest BCUT2D eigenvalue weighted by Crippen LogP contribution is 2.39. The van der Waals surface area contributed by atoms with E-state index in [4.69, 9.17) is 0 Å². The summed E-state index contributed by atoms with van der Waals surface area (Å²) in [4.78, 5) is 20.6. The summed E-state index contributed by atoms with van der Waals surface area (Å²) < 4.78 is 0. The first-order valence-corrected chi connectivity index (χ1v) is 10.7. The van der Waals surface area contributed by atoms with E-state index in [-0.39, 0.29) is 11.9 Å². The van der Waals surface area contributed by atoms with Crippen LogP contribution in [0.1, 0.15) is 40.2 Å². The molecule has 0 radical (unpaired) electrons. The van der Waals surface area contributed by atoms with Crippen LogP contribution < -0.4 is 5.32 Å². The quantitative estimate of drug-likeness (QED) is 0.678. The number of nitrogens with one attached hydrogen (secondary N) is 1. The minimum absolute atomic E-state index is 0.119. The average Bonchev–Trinajstić information content (AvgIpc) is 3.26. The van der Waals surface area contributed by atoms with Gasteiger partial charge >= 0.3 is 0 Å². The van der Waals surface area contributed by atoms with Gasteiger partial charge in [0.2, 0.25) is 0 Å². The van der Waals surface area contributed by atoms with E-state index in [0.717, 1.165) is 17.0 Å². The van der Waals surface area contributed by atoms with Gasteiger partial charge < -0.3 is 10.4 Å². The Kier molecular flexibility index (Phi) is 5.76. The summed E-state index contributed by atoms with van der Waals surface area (Å²) in [5.41, 5.74) is 0.700. The fourth-order valence-electron chi connectivity index (χ4n) is 3.97. The van der Waals surface area contributed by atoms with Crippen LogP contribution >= 0.6 is 11.3 Å². The van der Waals surface area contributed by atoms with Crippen molar-refractivity contribution in [2.45, 2.75) is 37.6 Å². The Morgan fingerprint density at radius 1 is 1.24 bits per heavy atom. The van der Waals surface area contributed by atoms with Crippen LogP contribution in [0, 0.1) is 0 Å². The van der Waals surface area contributed by atoms with Crippen molar-refractivity contribution in [3.8, 4) is 0 Å². The van der Waals surface area contributed by atoms with Gasteiger partial charge in [0.1, 0.15) is 0 Å². The fourth-order valence-corrected chi connectivity index (χ4v) is 4.87. The number of hydrogen-bond acceptors (Lipinski definition) is 5. The molecule has 150 valence electrons. The second-order valence-electron chi connectivity index (χ2n) is 7.72. The molecule has 1 saturated heterocycles. The molecule has 1 fully saturated rings. The highest BCUT2D eigenvalue weighted by atomic mass is 32.1. The van der Waals surface area contributed by atoms with Crippen LogP contribution in [0.15, 0.2) is 72.4 Å². The van der Waals surface area contributed by atoms with E-state index in [1.165, 1.54) is 0 Å². The lowest BCUT2D eigenvalue weighted by Crippen LogP contribution is -2.62. The van der Waals surface area contributed by atoms with Gasteiger partial charge in [0.15, 0.2) is 0 Å². The summed E-state index contributed by atoms with van der Waals surface area (Å²) in [5, 5.41) is 16.4. The van der Waals surface area contributed by atoms with E-state index in [0.29, 0.717) is 18.5 Å². The zero-order valence-corrected chi connectivity index (χ0v) is 17.2. The van der Waals surface area contributed by atoms with Crippen LogP contribution in [0.3, 0.4) is 0 Å². The second-order valence-corrected chi connectivity index (χ2v) is 8.70. The van der Waals surface area contributed by atoms with Gasteiger partial charge in [-0.25, -0.2) is 0 Å². The number of hydrogen-bond donors (Lipinski definition) is 2. The third-order valence-electron chi connectivity index (χ3n) is 5.55. The highest BCUT2D eigenvalue weighted by molar-refractivity contribution is 7.10. The molecule has 2 N–H and O–H groups in total. The number of benzene rings is 1. The highest BCUT2D eigenvalue weighted by Gasteiger charge is 2.46. The third kappa shape index (κ3) is 4.40. The Morgan fingerprint density at radius 2 is 2.07 bits per heavy atom. The van der Waals surface area contributed by atoms with Crippen molar-refractivity contribution in [1.29, 1.82) is 0 Å². The minimum Gasteiger partial charge on any atom is -0.388 e. The maximum absolute atomic E-state index is 12.9. The van der Waals surface area contributed by atoms with E-state index in [9.17, 15) is 9.90 Å². The second kappa shape index (κ2) is 8.45. The summed E-state index contributed by atoms with van der Waals surface area (Å²) in [7, 11) is 0. The standard InChI is InChI=1S/C23H25N3O2S/c1-23(28)11-13-26(16-17-7-5-12-24-15-17)20(19-10-6-14-29-19)21(23)25-22(27)18-8-3-2-4-9-18/h2-10,12,14-15,20-21,28H,11,13,16H2,1H3,(H,25,27)/t20-,21-,23+/m0/s1. The van der Waals surface area contributed by atoms with Gasteiger partial charge in [-0.3, -0.25) is 14.7 Å². The van der Waals surface area contributed by atoms with Crippen molar-refractivity contribution >= 4 is 17.2 Å². The largest absolute Gasteiger partial charge is 0.388 e. The molecule has 0 bridgehead atoms. The molecule has 0 aliphatic carbocycles. The number of pyridine rings is 1. The van der Waals surface area contributed by atoms with E-state index in [1.807, 2.05) is 48.8 Å². The summed E-state index contributed by atoms with van der Waals surface area (Å²) >= 11 is 1.65. The molecule has 3 heterocycles. The normalized spacial score (nSPS) is 24.9. The van der Waals surface area contributed by atoms with Gasteiger partial charge in [0, 0.05) is 35.9 Å². The molecule has 4 rings (SSSR count). The molecule has 29 heavy (non-hydrogen) atoms. The van der Waals surface area contributed by atoms with Crippen LogP contribution in [-0.2, 0) is 6.54 Å². The number of rotatable bonds is 5. The number of carbonyl (C=O) groups is 1. The Bertz CT molecular complexity index is 929. The fraction of sp³-hybridized carbons (Fsp3) is 0.304. The van der Waals surface area contributed by atoms with Gasteiger partial charge in [-0.2, -0.15) is 0 Å². The first-order valence-electron chi connectivity index (χ1n) is 9.79. The Morgan fingerprint density at radius 3 is 2.76 bits per heavy atom. The molecule has 1 aromatic carbocycles. The zero-order valence-electron chi connectivity index (χ0n) is 16.4. The number of nitrogens with zero attached hydrogens (tertiary/aromatic N) is 2. The van der Waals surface area contributed by atoms with Gasteiger partial charge in [0.25, 0.3) is 5.91 Å². The van der Waals surface area contributed by atoms with E-state index in [2.05, 4.69) is 27.3 Å². The summed E-state index contributed by atoms with van der Waals surface area (Å²) in [5.74, 6) is -0.166. The van der Waals surface area contributed by atoms with E-state index >= 15 is 0 Å². The summed E-state index contributed by atoms with van der Waals surface area (Å²) in [6.45, 7) is 3.28. The predicted octanol–water partition coefficient (Wildman–Crippen LogP) is 3.64. The molecule has 0 saturated carbocycles. The number of piperidine rings is 1. The topological polar surface area (TPSA) is 65.5 Å². The van der Waals surface area contributed by atoms with Gasteiger partial charge in [-0.1, -0.05) is 30.3 Å². The predicted molar refractivity (Wildman–Crippen MR) is 115 cm³/mol. The monoisotopic (exact) mass is 407 g/mol. The molecule has 2 aromatic heterocycles. The minimum atomic E-state index is -1.01. The molecule has 3 atom stereocenters. The lowest BCUT2D eigenvalue weighted by molar-refractivity contribution is -0.0656. The molecule has 0 unspecified atom stereocenters. The lowest BCUT2D eigenvalue weighted by atomic mass is 9.81. The third-order valence-corrected chi connectivity index (χ3v) is 6.49. The van der Waals surface area contributed by atoms with Crippen molar-refractivity contribution in [3.63, 3.8) is 0 Å². The Balaban J connectivity index is 1.66. The van der Waals surface area contributed by atoms with Crippen molar-refractivity contribution < 1.29 is 9.90 Å². The van der Waals surface area contributed by atoms with Crippen LogP contribution in [0.25, 0.3) is 0 Å². The molecule has 5 nitrogen and oxygen atoms in total. The number of likely N-dealkylation sites (tertiary alicyclic amines) is 1. The van der Waals surface area contributed by atoms with Crippen molar-refractivity contribution in [1.82, 2.24) is 15.2 Å². The Hall–Kier alpha value is -2.54. The van der Waals surface area contributed by atoms with Crippen molar-refractivity contribution in [2.24, 2.45) is 0 Å². The van der Waals surface area contributed by atoms with Crippen LogP contribution in [0.5, 0.6) is 0 Å². The average molecular weight is 408 g/mol. The van der Waals surface area contributed by atoms with E-state index in [1.54, 1.807) is 29.7 Å². The smallest absolute Gasteiger partial charge is 0.251 e. The number of amides is 1. The molecular formula is C23H25N3O2S. The summed E-state index contributed by atoms with van der Waals surface area (Å²) in [6, 6.07) is 16.7. The van der Waals surface area contributed by atoms with Crippen LogP contribution in [-0.4, -0.2) is 39.1 Å². The number of aromatic nitrogens is 1. The molecule has 1 aliphatic heterocycles. The van der Waals surface area contributed by atoms with Crippen LogP contribution in [0.4, 0.5) is 0 Å². The molecule has 1 aliphatic rings. The molecule has 1 amide bonds. The molecular weight excluding hydrogens is 382 g/mol. The summed E-state index contributed by atoms with van der Waals surface area (Å²) in [6.07, 6.45) is 4.22. The SMILES string of the molecule is C[C@@]1(O)CCN(Cc2cccnc2)[C@@H](c2cccs2)[C@@H]1NC(=O)c1ccccc1. The van der Waals surface area contributed by atoms with Crippen molar-refractivity contribution in [2.75, 3.05) is 6.54 Å². The van der Waals surface area contributed by atoms with Crippen molar-refractivity contribution in [3.05, 3.63) is 88.4 Å². The van der Waals surface area contributed by atoms with Crippen LogP contribution in [0.2, 0.25) is 0 Å². The van der Waals surface area contributed by atoms with Gasteiger partial charge in [0.05, 0.1) is 17.7 Å². The number of carbonyl (C=O) groups excluding carboxylic acids is 1. The van der Waals surface area contributed by atoms with E-state index < -0.39 is 11.6 Å². The first-order chi connectivity index (χ1) is 14.0. The van der Waals surface area contributed by atoms with Gasteiger partial charge in [-0.05, 0) is 48.6 Å². The molecule has 3 aromatic rings. The maximum Gasteiger partial charge on any atom is 0.251 e.